The summed E-state index contributed by atoms with van der Waals surface area (Å²) in [5.74, 6) is -3.26. The maximum absolute atomic E-state index is 13.7. The standard InChI is InChI=1S/C34H26O7/c1-18(2)32(36)40-30-24-16-10-11-17-25(24)31(41-33(37)19(3)4)28(34(38)39-5)27(30)26-20-12-6-8-14-22(20)29(35)23-15-9-7-13-21(23)26/h6-17,26H,1,3H2,2,4-5H3. The van der Waals surface area contributed by atoms with Crippen LogP contribution in [0, 0.1) is 0 Å². The lowest BCUT2D eigenvalue weighted by molar-refractivity contribution is -0.131. The highest BCUT2D eigenvalue weighted by Crippen LogP contribution is 2.51. The molecule has 4 aromatic rings. The zero-order valence-corrected chi connectivity index (χ0v) is 22.8. The Hall–Kier alpha value is -5.30. The van der Waals surface area contributed by atoms with Crippen molar-refractivity contribution in [3.05, 3.63) is 130 Å². The Labute approximate surface area is 236 Å². The molecule has 0 amide bonds. The number of methoxy groups -OCH3 is 1. The zero-order chi connectivity index (χ0) is 29.4. The van der Waals surface area contributed by atoms with Gasteiger partial charge in [-0.05, 0) is 25.0 Å². The Balaban J connectivity index is 2.01. The SMILES string of the molecule is C=C(C)C(=O)Oc1c(C(=O)OC)c(C2c3ccccc3C(=O)c3ccccc32)c(OC(=O)C(=C)C)c2ccccc12. The van der Waals surface area contributed by atoms with Crippen LogP contribution in [0.15, 0.2) is 97.1 Å². The van der Waals surface area contributed by atoms with Gasteiger partial charge in [0.15, 0.2) is 11.5 Å². The van der Waals surface area contributed by atoms with E-state index in [9.17, 15) is 19.2 Å². The first-order valence-corrected chi connectivity index (χ1v) is 12.8. The van der Waals surface area contributed by atoms with E-state index in [4.69, 9.17) is 14.2 Å². The van der Waals surface area contributed by atoms with Crippen molar-refractivity contribution < 1.29 is 33.4 Å². The second-order valence-electron chi connectivity index (χ2n) is 9.76. The summed E-state index contributed by atoms with van der Waals surface area (Å²) in [6.07, 6.45) is 0. The molecule has 0 saturated carbocycles. The Morgan fingerprint density at radius 3 is 1.61 bits per heavy atom. The van der Waals surface area contributed by atoms with Crippen LogP contribution in [0.4, 0.5) is 0 Å². The monoisotopic (exact) mass is 546 g/mol. The summed E-state index contributed by atoms with van der Waals surface area (Å²) >= 11 is 0. The number of esters is 3. The molecular formula is C34H26O7. The summed E-state index contributed by atoms with van der Waals surface area (Å²) < 4.78 is 17.0. The van der Waals surface area contributed by atoms with E-state index >= 15 is 0 Å². The van der Waals surface area contributed by atoms with Crippen molar-refractivity contribution in [2.24, 2.45) is 0 Å². The largest absolute Gasteiger partial charge is 0.465 e. The van der Waals surface area contributed by atoms with E-state index in [2.05, 4.69) is 13.2 Å². The summed E-state index contributed by atoms with van der Waals surface area (Å²) in [5, 5.41) is 0.741. The first-order valence-electron chi connectivity index (χ1n) is 12.8. The summed E-state index contributed by atoms with van der Waals surface area (Å²) in [7, 11) is 1.21. The second-order valence-corrected chi connectivity index (χ2v) is 9.76. The number of ketones is 1. The van der Waals surface area contributed by atoms with Gasteiger partial charge in [0.2, 0.25) is 0 Å². The first kappa shape index (κ1) is 27.3. The van der Waals surface area contributed by atoms with E-state index in [0.29, 0.717) is 33.0 Å². The van der Waals surface area contributed by atoms with Crippen LogP contribution in [0.25, 0.3) is 10.8 Å². The van der Waals surface area contributed by atoms with Gasteiger partial charge in [-0.3, -0.25) is 4.79 Å². The molecule has 0 saturated heterocycles. The van der Waals surface area contributed by atoms with Crippen LogP contribution in [0.2, 0.25) is 0 Å². The fourth-order valence-corrected chi connectivity index (χ4v) is 5.09. The van der Waals surface area contributed by atoms with Gasteiger partial charge in [0.05, 0.1) is 7.11 Å². The van der Waals surface area contributed by atoms with E-state index in [1.807, 2.05) is 0 Å². The van der Waals surface area contributed by atoms with Gasteiger partial charge in [-0.2, -0.15) is 0 Å². The average Bonchev–Trinajstić information content (AvgIpc) is 2.98. The molecule has 41 heavy (non-hydrogen) atoms. The Morgan fingerprint density at radius 1 is 0.683 bits per heavy atom. The molecule has 0 aliphatic heterocycles. The van der Waals surface area contributed by atoms with Gasteiger partial charge < -0.3 is 14.2 Å². The van der Waals surface area contributed by atoms with Crippen molar-refractivity contribution in [1.29, 1.82) is 0 Å². The lowest BCUT2D eigenvalue weighted by Crippen LogP contribution is -2.24. The van der Waals surface area contributed by atoms with Gasteiger partial charge in [0.25, 0.3) is 0 Å². The summed E-state index contributed by atoms with van der Waals surface area (Å²) in [6, 6.07) is 20.9. The molecule has 0 atom stereocenters. The van der Waals surface area contributed by atoms with Gasteiger partial charge in [-0.15, -0.1) is 0 Å². The van der Waals surface area contributed by atoms with Gasteiger partial charge in [0.1, 0.15) is 11.3 Å². The van der Waals surface area contributed by atoms with Crippen molar-refractivity contribution in [2.45, 2.75) is 19.8 Å². The van der Waals surface area contributed by atoms with Crippen LogP contribution in [0.3, 0.4) is 0 Å². The number of carbonyl (C=O) groups excluding carboxylic acids is 4. The highest BCUT2D eigenvalue weighted by Gasteiger charge is 2.39. The molecular weight excluding hydrogens is 520 g/mol. The maximum atomic E-state index is 13.7. The third kappa shape index (κ3) is 4.61. The Kier molecular flexibility index (Phi) is 7.11. The molecule has 5 rings (SSSR count). The highest BCUT2D eigenvalue weighted by molar-refractivity contribution is 6.14. The molecule has 0 radical (unpaired) electrons. The van der Waals surface area contributed by atoms with E-state index < -0.39 is 23.8 Å². The van der Waals surface area contributed by atoms with Crippen molar-refractivity contribution in [1.82, 2.24) is 0 Å². The van der Waals surface area contributed by atoms with Gasteiger partial charge in [-0.1, -0.05) is 86.0 Å². The van der Waals surface area contributed by atoms with Crippen molar-refractivity contribution in [2.75, 3.05) is 7.11 Å². The maximum Gasteiger partial charge on any atom is 0.342 e. The number of hydrogen-bond acceptors (Lipinski definition) is 7. The Bertz CT molecular complexity index is 1760. The average molecular weight is 547 g/mol. The molecule has 0 aromatic heterocycles. The topological polar surface area (TPSA) is 96.0 Å². The fraction of sp³-hybridized carbons (Fsp3) is 0.118. The lowest BCUT2D eigenvalue weighted by atomic mass is 9.72. The normalized spacial score (nSPS) is 12.2. The predicted molar refractivity (Wildman–Crippen MR) is 153 cm³/mol. The second kappa shape index (κ2) is 10.7. The molecule has 0 fully saturated rings. The van der Waals surface area contributed by atoms with Gasteiger partial charge in [0, 0.05) is 44.5 Å². The fourth-order valence-electron chi connectivity index (χ4n) is 5.09. The van der Waals surface area contributed by atoms with Crippen molar-refractivity contribution in [3.8, 4) is 11.5 Å². The van der Waals surface area contributed by atoms with Crippen LogP contribution in [0.1, 0.15) is 62.7 Å². The van der Waals surface area contributed by atoms with E-state index in [1.165, 1.54) is 21.0 Å². The summed E-state index contributed by atoms with van der Waals surface area (Å²) in [6.45, 7) is 10.4. The summed E-state index contributed by atoms with van der Waals surface area (Å²) in [5.41, 5.74) is 2.37. The number of ether oxygens (including phenoxy) is 3. The molecule has 0 spiro atoms. The number of carbonyl (C=O) groups is 4. The molecule has 1 aliphatic carbocycles. The lowest BCUT2D eigenvalue weighted by Gasteiger charge is -2.31. The first-order chi connectivity index (χ1) is 19.6. The summed E-state index contributed by atoms with van der Waals surface area (Å²) in [4.78, 5) is 53.2. The Morgan fingerprint density at radius 2 is 1.12 bits per heavy atom. The van der Waals surface area contributed by atoms with Crippen molar-refractivity contribution >= 4 is 34.5 Å². The number of hydrogen-bond donors (Lipinski definition) is 0. The van der Waals surface area contributed by atoms with E-state index in [0.717, 1.165) is 0 Å². The molecule has 4 aromatic carbocycles. The molecule has 7 nitrogen and oxygen atoms in total. The van der Waals surface area contributed by atoms with Crippen LogP contribution >= 0.6 is 0 Å². The predicted octanol–water partition coefficient (Wildman–Crippen LogP) is 6.31. The molecule has 1 aliphatic rings. The number of benzene rings is 4. The third-order valence-corrected chi connectivity index (χ3v) is 6.95. The van der Waals surface area contributed by atoms with Crippen molar-refractivity contribution in [3.63, 3.8) is 0 Å². The highest BCUT2D eigenvalue weighted by atomic mass is 16.6. The third-order valence-electron chi connectivity index (χ3n) is 6.95. The molecule has 0 bridgehead atoms. The molecule has 0 heterocycles. The van der Waals surface area contributed by atoms with Gasteiger partial charge >= 0.3 is 17.9 Å². The minimum atomic E-state index is -0.824. The van der Waals surface area contributed by atoms with Crippen LogP contribution < -0.4 is 9.47 Å². The van der Waals surface area contributed by atoms with E-state index in [1.54, 1.807) is 72.8 Å². The number of fused-ring (bicyclic) bond motifs is 3. The van der Waals surface area contributed by atoms with Crippen LogP contribution in [-0.2, 0) is 14.3 Å². The number of rotatable bonds is 6. The van der Waals surface area contributed by atoms with E-state index in [-0.39, 0.29) is 39.6 Å². The quantitative estimate of drug-likeness (QED) is 0.140. The van der Waals surface area contributed by atoms with Gasteiger partial charge in [-0.25, -0.2) is 14.4 Å². The smallest absolute Gasteiger partial charge is 0.342 e. The molecule has 204 valence electrons. The van der Waals surface area contributed by atoms with Crippen LogP contribution in [0.5, 0.6) is 11.5 Å². The molecule has 7 heteroatoms. The molecule has 0 unspecified atom stereocenters. The van der Waals surface area contributed by atoms with Crippen LogP contribution in [-0.4, -0.2) is 30.8 Å². The molecule has 0 N–H and O–H groups in total. The minimum absolute atomic E-state index is 0.0630. The zero-order valence-electron chi connectivity index (χ0n) is 22.8. The minimum Gasteiger partial charge on any atom is -0.465 e.